The van der Waals surface area contributed by atoms with Gasteiger partial charge in [0.05, 0.1) is 23.7 Å². The largest absolute Gasteiger partial charge is 0.394 e. The minimum Gasteiger partial charge on any atom is -0.394 e. The van der Waals surface area contributed by atoms with Gasteiger partial charge in [-0.05, 0) is 43.7 Å². The second-order valence-corrected chi connectivity index (χ2v) is 7.29. The number of aliphatic hydroxyl groups is 2. The highest BCUT2D eigenvalue weighted by Crippen LogP contribution is 2.40. The van der Waals surface area contributed by atoms with Crippen LogP contribution in [0.2, 0.25) is 0 Å². The van der Waals surface area contributed by atoms with E-state index in [-0.39, 0.29) is 18.4 Å². The normalized spacial score (nSPS) is 20.2. The van der Waals surface area contributed by atoms with Crippen molar-refractivity contribution in [3.05, 3.63) is 30.1 Å². The molecule has 1 aromatic carbocycles. The highest BCUT2D eigenvalue weighted by Gasteiger charge is 2.31. The maximum atomic E-state index is 12.8. The van der Waals surface area contributed by atoms with Crippen LogP contribution in [0.1, 0.15) is 37.4 Å². The van der Waals surface area contributed by atoms with Gasteiger partial charge < -0.3 is 19.7 Å². The Kier molecular flexibility index (Phi) is 4.48. The highest BCUT2D eigenvalue weighted by atomic mass is 16.3. The molecule has 4 rings (SSSR count). The first-order valence-electron chi connectivity index (χ1n) is 9.19. The van der Waals surface area contributed by atoms with Crippen molar-refractivity contribution in [2.45, 2.75) is 44.2 Å². The lowest BCUT2D eigenvalue weighted by molar-refractivity contribution is -0.134. The summed E-state index contributed by atoms with van der Waals surface area (Å²) in [5.41, 5.74) is 1.99. The maximum absolute atomic E-state index is 12.8. The van der Waals surface area contributed by atoms with Crippen molar-refractivity contribution in [2.75, 3.05) is 19.7 Å². The molecule has 1 aliphatic carbocycles. The molecule has 1 unspecified atom stereocenters. The number of nitrogens with zero attached hydrogens (tertiary/aromatic N) is 3. The third-order valence-electron chi connectivity index (χ3n) is 5.54. The first-order valence-corrected chi connectivity index (χ1v) is 9.19. The van der Waals surface area contributed by atoms with Crippen LogP contribution in [0.4, 0.5) is 0 Å². The summed E-state index contributed by atoms with van der Waals surface area (Å²) in [6.45, 7) is 1.42. The van der Waals surface area contributed by atoms with E-state index < -0.39 is 6.10 Å². The van der Waals surface area contributed by atoms with Gasteiger partial charge in [0.25, 0.3) is 0 Å². The van der Waals surface area contributed by atoms with Gasteiger partial charge in [-0.3, -0.25) is 4.79 Å². The van der Waals surface area contributed by atoms with E-state index in [1.807, 2.05) is 29.2 Å². The zero-order chi connectivity index (χ0) is 17.4. The molecule has 25 heavy (non-hydrogen) atoms. The van der Waals surface area contributed by atoms with Gasteiger partial charge in [-0.2, -0.15) is 0 Å². The Morgan fingerprint density at radius 2 is 1.92 bits per heavy atom. The van der Waals surface area contributed by atoms with Crippen LogP contribution >= 0.6 is 0 Å². The number of rotatable bonds is 5. The zero-order valence-electron chi connectivity index (χ0n) is 14.3. The molecule has 2 fully saturated rings. The van der Waals surface area contributed by atoms with E-state index >= 15 is 0 Å². The lowest BCUT2D eigenvalue weighted by Crippen LogP contribution is -2.43. The fourth-order valence-electron chi connectivity index (χ4n) is 3.83. The summed E-state index contributed by atoms with van der Waals surface area (Å²) in [4.78, 5) is 19.4. The second kappa shape index (κ2) is 6.77. The van der Waals surface area contributed by atoms with Crippen LogP contribution in [-0.2, 0) is 11.3 Å². The van der Waals surface area contributed by atoms with Gasteiger partial charge in [0, 0.05) is 19.0 Å². The van der Waals surface area contributed by atoms with Crippen molar-refractivity contribution < 1.29 is 15.0 Å². The summed E-state index contributed by atoms with van der Waals surface area (Å²) in [7, 11) is 0. The third-order valence-corrected chi connectivity index (χ3v) is 5.54. The molecular weight excluding hydrogens is 318 g/mol. The topological polar surface area (TPSA) is 78.6 Å². The zero-order valence-corrected chi connectivity index (χ0v) is 14.3. The lowest BCUT2D eigenvalue weighted by atomic mass is 9.91. The van der Waals surface area contributed by atoms with Crippen molar-refractivity contribution in [2.24, 2.45) is 5.92 Å². The number of benzene rings is 1. The van der Waals surface area contributed by atoms with Crippen LogP contribution in [0.25, 0.3) is 11.0 Å². The first-order chi connectivity index (χ1) is 12.2. The molecule has 0 spiro atoms. The molecule has 0 radical (unpaired) electrons. The van der Waals surface area contributed by atoms with Crippen molar-refractivity contribution in [1.29, 1.82) is 0 Å². The van der Waals surface area contributed by atoms with Gasteiger partial charge in [0.2, 0.25) is 5.91 Å². The summed E-state index contributed by atoms with van der Waals surface area (Å²) >= 11 is 0. The van der Waals surface area contributed by atoms with E-state index in [0.717, 1.165) is 42.5 Å². The molecule has 6 nitrogen and oxygen atoms in total. The molecule has 2 aliphatic rings. The van der Waals surface area contributed by atoms with E-state index in [4.69, 9.17) is 10.1 Å². The molecular formula is C19H25N3O3. The Morgan fingerprint density at radius 3 is 2.60 bits per heavy atom. The number of carbonyl (C=O) groups excluding carboxylic acids is 1. The molecule has 1 saturated heterocycles. The average molecular weight is 343 g/mol. The number of fused-ring (bicyclic) bond motifs is 1. The molecule has 6 heteroatoms. The molecule has 1 aromatic heterocycles. The van der Waals surface area contributed by atoms with E-state index in [0.29, 0.717) is 25.6 Å². The van der Waals surface area contributed by atoms with Crippen LogP contribution in [0, 0.1) is 5.92 Å². The Bertz CT molecular complexity index is 760. The number of amides is 1. The number of hydrogen-bond donors (Lipinski definition) is 2. The standard InChI is InChI=1S/C19H25N3O3/c23-12-17(24)13-7-9-21(10-8-13)18(25)11-22-16-4-2-1-3-15(16)20-19(22)14-5-6-14/h1-4,13-14,17,23-24H,5-12H2. The molecule has 1 saturated carbocycles. The number of imidazole rings is 1. The molecule has 1 amide bonds. The molecule has 0 bridgehead atoms. The number of piperidine rings is 1. The number of para-hydroxylation sites is 2. The Hall–Kier alpha value is -1.92. The van der Waals surface area contributed by atoms with Gasteiger partial charge in [0.1, 0.15) is 12.4 Å². The summed E-state index contributed by atoms with van der Waals surface area (Å²) in [5.74, 6) is 1.73. The van der Waals surface area contributed by atoms with Gasteiger partial charge in [0.15, 0.2) is 0 Å². The van der Waals surface area contributed by atoms with Crippen LogP contribution in [0.5, 0.6) is 0 Å². The van der Waals surface area contributed by atoms with E-state index in [1.165, 1.54) is 0 Å². The molecule has 2 N–H and O–H groups in total. The Morgan fingerprint density at radius 1 is 1.20 bits per heavy atom. The Labute approximate surface area is 147 Å². The fourth-order valence-corrected chi connectivity index (χ4v) is 3.83. The SMILES string of the molecule is O=C(Cn1c(C2CC2)nc2ccccc21)N1CCC(C(O)CO)CC1. The quantitative estimate of drug-likeness (QED) is 0.862. The number of aromatic nitrogens is 2. The number of aliphatic hydroxyl groups excluding tert-OH is 2. The molecule has 1 atom stereocenters. The average Bonchev–Trinajstić information content (AvgIpc) is 3.44. The molecule has 2 aromatic rings. The van der Waals surface area contributed by atoms with Gasteiger partial charge >= 0.3 is 0 Å². The predicted molar refractivity (Wildman–Crippen MR) is 94.1 cm³/mol. The third kappa shape index (κ3) is 3.28. The van der Waals surface area contributed by atoms with Crippen LogP contribution in [-0.4, -0.2) is 56.4 Å². The van der Waals surface area contributed by atoms with E-state index in [2.05, 4.69) is 4.57 Å². The van der Waals surface area contributed by atoms with Crippen molar-refractivity contribution in [3.63, 3.8) is 0 Å². The van der Waals surface area contributed by atoms with Crippen LogP contribution < -0.4 is 0 Å². The van der Waals surface area contributed by atoms with Gasteiger partial charge in [-0.15, -0.1) is 0 Å². The van der Waals surface area contributed by atoms with E-state index in [1.54, 1.807) is 0 Å². The van der Waals surface area contributed by atoms with Crippen molar-refractivity contribution in [1.82, 2.24) is 14.5 Å². The smallest absolute Gasteiger partial charge is 0.242 e. The van der Waals surface area contributed by atoms with Crippen molar-refractivity contribution >= 4 is 16.9 Å². The number of likely N-dealkylation sites (tertiary alicyclic amines) is 1. The van der Waals surface area contributed by atoms with Gasteiger partial charge in [-0.1, -0.05) is 12.1 Å². The van der Waals surface area contributed by atoms with Crippen LogP contribution in [0.15, 0.2) is 24.3 Å². The maximum Gasteiger partial charge on any atom is 0.242 e. The highest BCUT2D eigenvalue weighted by molar-refractivity contribution is 5.81. The second-order valence-electron chi connectivity index (χ2n) is 7.29. The first kappa shape index (κ1) is 16.5. The monoisotopic (exact) mass is 343 g/mol. The van der Waals surface area contributed by atoms with Crippen LogP contribution in [0.3, 0.4) is 0 Å². The summed E-state index contributed by atoms with van der Waals surface area (Å²) in [5, 5.41) is 18.9. The Balaban J connectivity index is 1.48. The predicted octanol–water partition coefficient (Wildman–Crippen LogP) is 1.51. The van der Waals surface area contributed by atoms with Gasteiger partial charge in [-0.25, -0.2) is 4.98 Å². The minimum absolute atomic E-state index is 0.0881. The summed E-state index contributed by atoms with van der Waals surface area (Å²) in [6, 6.07) is 8.01. The van der Waals surface area contributed by atoms with E-state index in [9.17, 15) is 9.90 Å². The minimum atomic E-state index is -0.670. The number of hydrogen-bond acceptors (Lipinski definition) is 4. The molecule has 1 aliphatic heterocycles. The molecule has 2 heterocycles. The molecule has 134 valence electrons. The summed E-state index contributed by atoms with van der Waals surface area (Å²) in [6.07, 6.45) is 3.13. The fraction of sp³-hybridized carbons (Fsp3) is 0.579. The number of carbonyl (C=O) groups is 1. The lowest BCUT2D eigenvalue weighted by Gasteiger charge is -2.34. The summed E-state index contributed by atoms with van der Waals surface area (Å²) < 4.78 is 2.09. The van der Waals surface area contributed by atoms with Crippen molar-refractivity contribution in [3.8, 4) is 0 Å².